The maximum Gasteiger partial charge on any atom is 0.149 e. The van der Waals surface area contributed by atoms with Crippen LogP contribution in [0.2, 0.25) is 0 Å². The molecule has 1 heterocycles. The molecule has 0 spiro atoms. The maximum absolute atomic E-state index is 14.5. The Labute approximate surface area is 145 Å². The van der Waals surface area contributed by atoms with Crippen molar-refractivity contribution in [1.29, 1.82) is 0 Å². The van der Waals surface area contributed by atoms with Crippen molar-refractivity contribution in [3.63, 3.8) is 0 Å². The number of nitrogens with zero attached hydrogens (tertiary/aromatic N) is 2. The van der Waals surface area contributed by atoms with Crippen LogP contribution < -0.4 is 0 Å². The first-order valence-corrected chi connectivity index (χ1v) is 9.34. The van der Waals surface area contributed by atoms with E-state index in [1.807, 2.05) is 19.2 Å². The Morgan fingerprint density at radius 2 is 2.04 bits per heavy atom. The second-order valence-corrected chi connectivity index (χ2v) is 7.74. The van der Waals surface area contributed by atoms with Gasteiger partial charge in [-0.2, -0.15) is 5.10 Å². The third kappa shape index (κ3) is 3.88. The Balaban J connectivity index is 1.66. The lowest BCUT2D eigenvalue weighted by Gasteiger charge is -2.34. The van der Waals surface area contributed by atoms with Gasteiger partial charge in [-0.15, -0.1) is 0 Å². The molecule has 130 valence electrons. The predicted octanol–water partition coefficient (Wildman–Crippen LogP) is 5.71. The van der Waals surface area contributed by atoms with E-state index in [4.69, 9.17) is 0 Å². The zero-order valence-electron chi connectivity index (χ0n) is 15.1. The van der Waals surface area contributed by atoms with Crippen molar-refractivity contribution in [2.45, 2.75) is 59.3 Å². The number of hydrogen-bond donors (Lipinski definition) is 0. The molecule has 0 radical (unpaired) electrons. The van der Waals surface area contributed by atoms with Crippen molar-refractivity contribution < 1.29 is 4.39 Å². The van der Waals surface area contributed by atoms with Gasteiger partial charge in [0.05, 0.1) is 6.20 Å². The minimum absolute atomic E-state index is 0.181. The molecule has 2 atom stereocenters. The molecule has 1 aromatic carbocycles. The van der Waals surface area contributed by atoms with Crippen LogP contribution >= 0.6 is 0 Å². The van der Waals surface area contributed by atoms with Gasteiger partial charge in [0.25, 0.3) is 0 Å². The topological polar surface area (TPSA) is 17.8 Å². The highest BCUT2D eigenvalue weighted by molar-refractivity contribution is 5.36. The van der Waals surface area contributed by atoms with E-state index >= 15 is 0 Å². The molecule has 24 heavy (non-hydrogen) atoms. The molecule has 3 rings (SSSR count). The van der Waals surface area contributed by atoms with Gasteiger partial charge >= 0.3 is 0 Å². The molecule has 0 amide bonds. The van der Waals surface area contributed by atoms with Crippen molar-refractivity contribution in [2.24, 2.45) is 17.8 Å². The molecule has 0 aliphatic heterocycles. The largest absolute Gasteiger partial charge is 0.238 e. The summed E-state index contributed by atoms with van der Waals surface area (Å²) >= 11 is 0. The molecule has 1 unspecified atom stereocenters. The molecular weight excluding hydrogens is 299 g/mol. The highest BCUT2D eigenvalue weighted by Gasteiger charge is 2.27. The van der Waals surface area contributed by atoms with E-state index in [9.17, 15) is 4.39 Å². The Morgan fingerprint density at radius 3 is 2.71 bits per heavy atom. The van der Waals surface area contributed by atoms with Crippen LogP contribution in [0.5, 0.6) is 0 Å². The number of hydrogen-bond acceptors (Lipinski definition) is 1. The summed E-state index contributed by atoms with van der Waals surface area (Å²) in [6.45, 7) is 6.66. The molecule has 1 fully saturated rings. The predicted molar refractivity (Wildman–Crippen MR) is 96.9 cm³/mol. The van der Waals surface area contributed by atoms with Crippen LogP contribution in [-0.4, -0.2) is 9.78 Å². The minimum atomic E-state index is -0.181. The van der Waals surface area contributed by atoms with Crippen molar-refractivity contribution in [3.05, 3.63) is 47.5 Å². The summed E-state index contributed by atoms with van der Waals surface area (Å²) in [4.78, 5) is 0. The molecule has 2 aromatic rings. The van der Waals surface area contributed by atoms with E-state index in [2.05, 4.69) is 25.0 Å². The maximum atomic E-state index is 14.5. The van der Waals surface area contributed by atoms with E-state index in [1.165, 1.54) is 32.1 Å². The first-order chi connectivity index (χ1) is 11.5. The average Bonchev–Trinajstić information content (AvgIpc) is 2.99. The summed E-state index contributed by atoms with van der Waals surface area (Å²) in [5, 5.41) is 4.20. The van der Waals surface area contributed by atoms with Crippen LogP contribution in [0.15, 0.2) is 30.6 Å². The first-order valence-electron chi connectivity index (χ1n) is 9.34. The molecule has 0 bridgehead atoms. The summed E-state index contributed by atoms with van der Waals surface area (Å²) in [5.74, 6) is 2.22. The lowest BCUT2D eigenvalue weighted by molar-refractivity contribution is 0.171. The van der Waals surface area contributed by atoms with Crippen LogP contribution in [0, 0.1) is 30.5 Å². The standard InChI is InChI=1S/C21H29FN2/c1-15(2)19-7-5-4-6-18(19)10-8-17-9-11-21(20(22)12-17)24-14-16(3)13-23-24/h9,11-15,18-19H,4-8,10H2,1-3H3/t18-,19?/m1/s1. The number of halogens is 1. The van der Waals surface area contributed by atoms with Crippen molar-refractivity contribution in [3.8, 4) is 5.69 Å². The lowest BCUT2D eigenvalue weighted by Crippen LogP contribution is -2.24. The fourth-order valence-electron chi connectivity index (χ4n) is 4.26. The van der Waals surface area contributed by atoms with Gasteiger partial charge < -0.3 is 0 Å². The zero-order valence-corrected chi connectivity index (χ0v) is 15.1. The fourth-order valence-corrected chi connectivity index (χ4v) is 4.26. The van der Waals surface area contributed by atoms with E-state index in [1.54, 1.807) is 16.9 Å². The molecule has 2 nitrogen and oxygen atoms in total. The quantitative estimate of drug-likeness (QED) is 0.687. The normalized spacial score (nSPS) is 21.4. The van der Waals surface area contributed by atoms with Crippen LogP contribution in [-0.2, 0) is 6.42 Å². The summed E-state index contributed by atoms with van der Waals surface area (Å²) < 4.78 is 16.1. The molecule has 0 N–H and O–H groups in total. The third-order valence-electron chi connectivity index (χ3n) is 5.60. The molecule has 1 aliphatic carbocycles. The van der Waals surface area contributed by atoms with Crippen LogP contribution in [0.1, 0.15) is 57.1 Å². The van der Waals surface area contributed by atoms with E-state index < -0.39 is 0 Å². The Morgan fingerprint density at radius 1 is 1.25 bits per heavy atom. The summed E-state index contributed by atoms with van der Waals surface area (Å²) in [6.07, 6.45) is 11.2. The lowest BCUT2D eigenvalue weighted by atomic mass is 9.71. The fraction of sp³-hybridized carbons (Fsp3) is 0.571. The van der Waals surface area contributed by atoms with Gasteiger partial charge in [-0.05, 0) is 67.2 Å². The molecular formula is C21H29FN2. The van der Waals surface area contributed by atoms with Gasteiger partial charge in [0.1, 0.15) is 11.5 Å². The minimum Gasteiger partial charge on any atom is -0.238 e. The number of aryl methyl sites for hydroxylation is 2. The summed E-state index contributed by atoms with van der Waals surface area (Å²) in [6, 6.07) is 5.61. The summed E-state index contributed by atoms with van der Waals surface area (Å²) in [7, 11) is 0. The van der Waals surface area contributed by atoms with Crippen LogP contribution in [0.3, 0.4) is 0 Å². The summed E-state index contributed by atoms with van der Waals surface area (Å²) in [5.41, 5.74) is 2.67. The first kappa shape index (κ1) is 17.2. The highest BCUT2D eigenvalue weighted by atomic mass is 19.1. The number of aromatic nitrogens is 2. The monoisotopic (exact) mass is 328 g/mol. The Bertz CT molecular complexity index is 674. The molecule has 0 saturated heterocycles. The van der Waals surface area contributed by atoms with Crippen molar-refractivity contribution in [2.75, 3.05) is 0 Å². The smallest absolute Gasteiger partial charge is 0.149 e. The van der Waals surface area contributed by atoms with Gasteiger partial charge in [0.15, 0.2) is 0 Å². The van der Waals surface area contributed by atoms with Gasteiger partial charge in [-0.3, -0.25) is 0 Å². The zero-order chi connectivity index (χ0) is 17.1. The second-order valence-electron chi connectivity index (χ2n) is 7.74. The highest BCUT2D eigenvalue weighted by Crippen LogP contribution is 2.37. The third-order valence-corrected chi connectivity index (χ3v) is 5.60. The van der Waals surface area contributed by atoms with E-state index in [0.29, 0.717) is 5.69 Å². The second kappa shape index (κ2) is 7.50. The van der Waals surface area contributed by atoms with Gasteiger partial charge in [-0.1, -0.05) is 39.2 Å². The molecule has 3 heteroatoms. The van der Waals surface area contributed by atoms with Crippen molar-refractivity contribution >= 4 is 0 Å². The Kier molecular flexibility index (Phi) is 5.37. The number of rotatable bonds is 5. The van der Waals surface area contributed by atoms with E-state index in [0.717, 1.165) is 35.3 Å². The average molecular weight is 328 g/mol. The molecule has 1 saturated carbocycles. The van der Waals surface area contributed by atoms with Crippen LogP contribution in [0.25, 0.3) is 5.69 Å². The molecule has 1 aliphatic rings. The van der Waals surface area contributed by atoms with Crippen molar-refractivity contribution in [1.82, 2.24) is 9.78 Å². The van der Waals surface area contributed by atoms with Gasteiger partial charge in [0, 0.05) is 6.20 Å². The van der Waals surface area contributed by atoms with Gasteiger partial charge in [0.2, 0.25) is 0 Å². The Hall–Kier alpha value is -1.64. The van der Waals surface area contributed by atoms with Crippen LogP contribution in [0.4, 0.5) is 4.39 Å². The number of benzene rings is 1. The van der Waals surface area contributed by atoms with E-state index in [-0.39, 0.29) is 5.82 Å². The van der Waals surface area contributed by atoms with Gasteiger partial charge in [-0.25, -0.2) is 9.07 Å². The SMILES string of the molecule is Cc1cnn(-c2ccc(CC[C@H]3CCCCC3C(C)C)cc2F)c1. The molecule has 1 aromatic heterocycles.